The first kappa shape index (κ1) is 22.3. The molecule has 3 heterocycles. The Kier molecular flexibility index (Phi) is 5.94. The minimum atomic E-state index is -0.546. The van der Waals surface area contributed by atoms with Crippen LogP contribution in [0, 0.1) is 0 Å². The van der Waals surface area contributed by atoms with Gasteiger partial charge in [-0.1, -0.05) is 50.1 Å². The van der Waals surface area contributed by atoms with E-state index < -0.39 is 12.1 Å². The van der Waals surface area contributed by atoms with Crippen LogP contribution in [0.5, 0.6) is 11.5 Å². The molecule has 2 aliphatic rings. The number of carbonyl (C=O) groups is 2. The Morgan fingerprint density at radius 2 is 1.85 bits per heavy atom. The highest BCUT2D eigenvalue weighted by molar-refractivity contribution is 5.97. The van der Waals surface area contributed by atoms with Crippen molar-refractivity contribution in [3.05, 3.63) is 59.3 Å². The van der Waals surface area contributed by atoms with E-state index in [-0.39, 0.29) is 18.4 Å². The largest absolute Gasteiger partial charge is 0.493 e. The first-order valence-corrected chi connectivity index (χ1v) is 12.0. The molecule has 2 aromatic carbocycles. The van der Waals surface area contributed by atoms with E-state index >= 15 is 0 Å². The number of aromatic nitrogens is 1. The van der Waals surface area contributed by atoms with Crippen molar-refractivity contribution in [3.63, 3.8) is 0 Å². The quantitative estimate of drug-likeness (QED) is 0.539. The SMILES string of the molecule is CCCCCN1CC(=O)N2C(c3cccc(OC)c3OC)c3[nH]c4ccccc4c3C[C@H]2C1=O. The summed E-state index contributed by atoms with van der Waals surface area (Å²) in [5.41, 5.74) is 3.83. The average Bonchev–Trinajstić information content (AvgIpc) is 3.23. The molecular formula is C27H31N3O4. The molecule has 3 aromatic rings. The van der Waals surface area contributed by atoms with Gasteiger partial charge in [0, 0.05) is 35.1 Å². The van der Waals surface area contributed by atoms with Crippen LogP contribution in [0.15, 0.2) is 42.5 Å². The van der Waals surface area contributed by atoms with E-state index in [1.165, 1.54) is 0 Å². The topological polar surface area (TPSA) is 74.9 Å². The fraction of sp³-hybridized carbons (Fsp3) is 0.407. The number of aromatic amines is 1. The molecule has 178 valence electrons. The van der Waals surface area contributed by atoms with Crippen LogP contribution >= 0.6 is 0 Å². The number of unbranched alkanes of at least 4 members (excludes halogenated alkanes) is 2. The molecule has 0 spiro atoms. The maximum Gasteiger partial charge on any atom is 0.246 e. The molecule has 34 heavy (non-hydrogen) atoms. The summed E-state index contributed by atoms with van der Waals surface area (Å²) in [7, 11) is 3.20. The van der Waals surface area contributed by atoms with E-state index in [1.807, 2.05) is 36.4 Å². The fourth-order valence-electron chi connectivity index (χ4n) is 5.52. The Hall–Kier alpha value is -3.48. The van der Waals surface area contributed by atoms with E-state index in [1.54, 1.807) is 24.0 Å². The van der Waals surface area contributed by atoms with Gasteiger partial charge in [0.25, 0.3) is 0 Å². The van der Waals surface area contributed by atoms with Gasteiger partial charge in [0.15, 0.2) is 11.5 Å². The zero-order chi connectivity index (χ0) is 23.8. The Morgan fingerprint density at radius 1 is 1.03 bits per heavy atom. The number of ether oxygens (including phenoxy) is 2. The minimum absolute atomic E-state index is 0.0264. The smallest absolute Gasteiger partial charge is 0.246 e. The molecule has 2 aliphatic heterocycles. The van der Waals surface area contributed by atoms with Crippen molar-refractivity contribution in [1.82, 2.24) is 14.8 Å². The third-order valence-electron chi connectivity index (χ3n) is 7.10. The molecule has 0 bridgehead atoms. The molecule has 0 saturated carbocycles. The molecule has 2 atom stereocenters. The van der Waals surface area contributed by atoms with Gasteiger partial charge in [-0.15, -0.1) is 0 Å². The molecule has 1 fully saturated rings. The van der Waals surface area contributed by atoms with Gasteiger partial charge in [0.1, 0.15) is 12.1 Å². The number of nitrogens with zero attached hydrogens (tertiary/aromatic N) is 2. The molecule has 5 rings (SSSR count). The first-order chi connectivity index (χ1) is 16.6. The number of benzene rings is 2. The number of hydrogen-bond acceptors (Lipinski definition) is 4. The van der Waals surface area contributed by atoms with Crippen LogP contribution in [0.3, 0.4) is 0 Å². The van der Waals surface area contributed by atoms with E-state index in [9.17, 15) is 9.59 Å². The molecule has 1 N–H and O–H groups in total. The zero-order valence-electron chi connectivity index (χ0n) is 20.0. The number of amides is 2. The highest BCUT2D eigenvalue weighted by Gasteiger charge is 2.48. The molecule has 2 amide bonds. The van der Waals surface area contributed by atoms with Crippen LogP contribution in [-0.2, 0) is 16.0 Å². The maximum absolute atomic E-state index is 13.7. The van der Waals surface area contributed by atoms with E-state index in [0.717, 1.165) is 47.0 Å². The van der Waals surface area contributed by atoms with Gasteiger partial charge in [0.05, 0.1) is 20.8 Å². The molecule has 1 saturated heterocycles. The lowest BCUT2D eigenvalue weighted by atomic mass is 9.85. The molecule has 1 aromatic heterocycles. The monoisotopic (exact) mass is 461 g/mol. The Labute approximate surface area is 199 Å². The molecular weight excluding hydrogens is 430 g/mol. The third kappa shape index (κ3) is 3.50. The second kappa shape index (κ2) is 9.05. The van der Waals surface area contributed by atoms with Crippen LogP contribution in [0.1, 0.15) is 49.0 Å². The van der Waals surface area contributed by atoms with Crippen LogP contribution in [-0.4, -0.2) is 59.9 Å². The van der Waals surface area contributed by atoms with Crippen molar-refractivity contribution < 1.29 is 19.1 Å². The third-order valence-corrected chi connectivity index (χ3v) is 7.10. The molecule has 1 unspecified atom stereocenters. The Balaban J connectivity index is 1.67. The van der Waals surface area contributed by atoms with Crippen LogP contribution in [0.2, 0.25) is 0 Å². The van der Waals surface area contributed by atoms with Crippen molar-refractivity contribution in [2.45, 2.75) is 44.7 Å². The van der Waals surface area contributed by atoms with Crippen molar-refractivity contribution in [1.29, 1.82) is 0 Å². The Morgan fingerprint density at radius 3 is 2.62 bits per heavy atom. The summed E-state index contributed by atoms with van der Waals surface area (Å²) in [4.78, 5) is 34.4. The summed E-state index contributed by atoms with van der Waals surface area (Å²) in [6.07, 6.45) is 3.52. The summed E-state index contributed by atoms with van der Waals surface area (Å²) in [6, 6.07) is 12.8. The number of para-hydroxylation sites is 2. The number of hydrogen-bond donors (Lipinski definition) is 1. The van der Waals surface area contributed by atoms with E-state index in [2.05, 4.69) is 18.0 Å². The van der Waals surface area contributed by atoms with Gasteiger partial charge in [-0.25, -0.2) is 0 Å². The van der Waals surface area contributed by atoms with E-state index in [0.29, 0.717) is 24.5 Å². The molecule has 0 radical (unpaired) electrons. The predicted octanol–water partition coefficient (Wildman–Crippen LogP) is 4.06. The number of nitrogens with one attached hydrogen (secondary N) is 1. The molecule has 7 nitrogen and oxygen atoms in total. The van der Waals surface area contributed by atoms with Gasteiger partial charge in [0.2, 0.25) is 11.8 Å². The number of fused-ring (bicyclic) bond motifs is 4. The number of carbonyl (C=O) groups excluding carboxylic acids is 2. The molecule has 0 aliphatic carbocycles. The highest BCUT2D eigenvalue weighted by atomic mass is 16.5. The number of rotatable bonds is 7. The van der Waals surface area contributed by atoms with E-state index in [4.69, 9.17) is 9.47 Å². The van der Waals surface area contributed by atoms with Gasteiger partial charge < -0.3 is 24.3 Å². The van der Waals surface area contributed by atoms with Crippen LogP contribution in [0.25, 0.3) is 10.9 Å². The first-order valence-electron chi connectivity index (χ1n) is 12.0. The van der Waals surface area contributed by atoms with Crippen molar-refractivity contribution in [2.24, 2.45) is 0 Å². The Bertz CT molecular complexity index is 1230. The summed E-state index contributed by atoms with van der Waals surface area (Å²) < 4.78 is 11.3. The average molecular weight is 462 g/mol. The highest BCUT2D eigenvalue weighted by Crippen LogP contribution is 2.46. The summed E-state index contributed by atoms with van der Waals surface area (Å²) in [6.45, 7) is 2.87. The van der Waals surface area contributed by atoms with Crippen LogP contribution in [0.4, 0.5) is 0 Å². The number of methoxy groups -OCH3 is 2. The van der Waals surface area contributed by atoms with Gasteiger partial charge in [-0.3, -0.25) is 9.59 Å². The van der Waals surface area contributed by atoms with Crippen molar-refractivity contribution in [3.8, 4) is 11.5 Å². The lowest BCUT2D eigenvalue weighted by molar-refractivity contribution is -0.158. The second-order valence-corrected chi connectivity index (χ2v) is 9.04. The van der Waals surface area contributed by atoms with Crippen molar-refractivity contribution in [2.75, 3.05) is 27.3 Å². The van der Waals surface area contributed by atoms with Crippen LogP contribution < -0.4 is 9.47 Å². The lowest BCUT2D eigenvalue weighted by Crippen LogP contribution is -2.63. The minimum Gasteiger partial charge on any atom is -0.493 e. The zero-order valence-corrected chi connectivity index (χ0v) is 20.0. The van der Waals surface area contributed by atoms with Crippen molar-refractivity contribution >= 4 is 22.7 Å². The lowest BCUT2D eigenvalue weighted by Gasteiger charge is -2.47. The summed E-state index contributed by atoms with van der Waals surface area (Å²) in [5, 5.41) is 1.09. The van der Waals surface area contributed by atoms with Gasteiger partial charge >= 0.3 is 0 Å². The summed E-state index contributed by atoms with van der Waals surface area (Å²) in [5.74, 6) is 1.15. The standard InChI is InChI=1S/C27H31N3O4/c1-4-5-8-14-29-16-23(31)30-21(27(29)32)15-19-17-10-6-7-12-20(17)28-24(19)25(30)18-11-9-13-22(33-2)26(18)34-3/h6-7,9-13,21,25,28H,4-5,8,14-16H2,1-3H3/t21-,25?/m0/s1. The molecule has 7 heteroatoms. The fourth-order valence-corrected chi connectivity index (χ4v) is 5.52. The second-order valence-electron chi connectivity index (χ2n) is 9.04. The normalized spacial score (nSPS) is 19.9. The maximum atomic E-state index is 13.7. The predicted molar refractivity (Wildman–Crippen MR) is 130 cm³/mol. The van der Waals surface area contributed by atoms with Gasteiger partial charge in [-0.05, 0) is 24.1 Å². The summed E-state index contributed by atoms with van der Waals surface area (Å²) >= 11 is 0. The van der Waals surface area contributed by atoms with Gasteiger partial charge in [-0.2, -0.15) is 0 Å². The number of H-pyrrole nitrogens is 1. The number of piperazine rings is 1.